The molecule has 0 bridgehead atoms. The Morgan fingerprint density at radius 1 is 1.19 bits per heavy atom. The van der Waals surface area contributed by atoms with Crippen LogP contribution >= 0.6 is 0 Å². The number of carbonyl (C=O) groups is 1. The van der Waals surface area contributed by atoms with Crippen molar-refractivity contribution in [3.8, 4) is 5.75 Å². The highest BCUT2D eigenvalue weighted by molar-refractivity contribution is 6.03. The Labute approximate surface area is 125 Å². The molecule has 1 aliphatic heterocycles. The number of fused-ring (bicyclic) bond motifs is 1. The molecule has 2 aromatic rings. The van der Waals surface area contributed by atoms with E-state index < -0.39 is 0 Å². The lowest BCUT2D eigenvalue weighted by molar-refractivity contribution is 0.0979. The van der Waals surface area contributed by atoms with Crippen LogP contribution in [0.5, 0.6) is 5.75 Å². The van der Waals surface area contributed by atoms with Crippen LogP contribution < -0.4 is 9.64 Å². The molecule has 3 heteroatoms. The minimum absolute atomic E-state index is 0.234. The fourth-order valence-corrected chi connectivity index (χ4v) is 2.88. The highest BCUT2D eigenvalue weighted by atomic mass is 16.5. The first-order valence-electron chi connectivity index (χ1n) is 7.20. The molecule has 0 N–H and O–H groups in total. The van der Waals surface area contributed by atoms with Crippen LogP contribution in [0.25, 0.3) is 0 Å². The topological polar surface area (TPSA) is 29.5 Å². The van der Waals surface area contributed by atoms with Gasteiger partial charge < -0.3 is 9.64 Å². The van der Waals surface area contributed by atoms with Gasteiger partial charge in [-0.1, -0.05) is 29.8 Å². The zero-order valence-electron chi connectivity index (χ0n) is 12.4. The van der Waals surface area contributed by atoms with Crippen molar-refractivity contribution in [3.63, 3.8) is 0 Å². The smallest absolute Gasteiger partial charge is 0.166 e. The van der Waals surface area contributed by atoms with Gasteiger partial charge in [0.25, 0.3) is 0 Å². The van der Waals surface area contributed by atoms with Gasteiger partial charge in [0.15, 0.2) is 5.78 Å². The molecule has 0 atom stereocenters. The number of methoxy groups -OCH3 is 1. The summed E-state index contributed by atoms with van der Waals surface area (Å²) in [6.45, 7) is 3.60. The van der Waals surface area contributed by atoms with Crippen molar-refractivity contribution >= 4 is 11.5 Å². The highest BCUT2D eigenvalue weighted by Gasteiger charge is 2.23. The van der Waals surface area contributed by atoms with Gasteiger partial charge >= 0.3 is 0 Å². The molecule has 0 amide bonds. The number of Topliss-reactive ketones (excluding diaryl/α,β-unsaturated/α-hetero) is 1. The highest BCUT2D eigenvalue weighted by Crippen LogP contribution is 2.30. The molecular formula is C18H19NO2. The maximum absolute atomic E-state index is 12.0. The van der Waals surface area contributed by atoms with Crippen LogP contribution in [0.1, 0.15) is 27.9 Å². The van der Waals surface area contributed by atoms with E-state index in [2.05, 4.69) is 24.0 Å². The zero-order chi connectivity index (χ0) is 14.8. The number of aryl methyl sites for hydroxylation is 1. The van der Waals surface area contributed by atoms with Crippen LogP contribution in [-0.2, 0) is 6.54 Å². The fraction of sp³-hybridized carbons (Fsp3) is 0.278. The number of hydrogen-bond acceptors (Lipinski definition) is 3. The predicted molar refractivity (Wildman–Crippen MR) is 84.2 cm³/mol. The summed E-state index contributed by atoms with van der Waals surface area (Å²) < 4.78 is 5.46. The first-order chi connectivity index (χ1) is 10.2. The third-order valence-corrected chi connectivity index (χ3v) is 3.95. The van der Waals surface area contributed by atoms with Crippen molar-refractivity contribution < 1.29 is 9.53 Å². The number of anilines is 1. The second-order valence-corrected chi connectivity index (χ2v) is 5.43. The average molecular weight is 281 g/mol. The van der Waals surface area contributed by atoms with Gasteiger partial charge in [-0.2, -0.15) is 0 Å². The van der Waals surface area contributed by atoms with E-state index in [9.17, 15) is 4.79 Å². The quantitative estimate of drug-likeness (QED) is 0.861. The van der Waals surface area contributed by atoms with E-state index in [0.717, 1.165) is 35.7 Å². The molecule has 0 radical (unpaired) electrons. The number of ether oxygens (including phenoxy) is 1. The summed E-state index contributed by atoms with van der Waals surface area (Å²) in [6.07, 6.45) is 0.575. The number of carbonyl (C=O) groups excluding carboxylic acids is 1. The van der Waals surface area contributed by atoms with Crippen LogP contribution in [0, 0.1) is 6.92 Å². The molecular weight excluding hydrogens is 262 g/mol. The standard InChI is InChI=1S/C18H19NO2/c1-13-7-8-18(21-2)14(11-13)12-19-10-9-17(20)15-5-3-4-6-16(15)19/h3-8,11H,9-10,12H2,1-2H3. The normalized spacial score (nSPS) is 14.0. The van der Waals surface area contributed by atoms with Gasteiger partial charge in [-0.25, -0.2) is 0 Å². The first kappa shape index (κ1) is 13.7. The number of nitrogens with zero attached hydrogens (tertiary/aromatic N) is 1. The average Bonchev–Trinajstić information content (AvgIpc) is 2.51. The van der Waals surface area contributed by atoms with Gasteiger partial charge in [-0.3, -0.25) is 4.79 Å². The van der Waals surface area contributed by atoms with Crippen LogP contribution in [0.4, 0.5) is 5.69 Å². The predicted octanol–water partition coefficient (Wildman–Crippen LogP) is 3.60. The second-order valence-electron chi connectivity index (χ2n) is 5.43. The Balaban J connectivity index is 1.95. The van der Waals surface area contributed by atoms with E-state index in [1.165, 1.54) is 5.56 Å². The van der Waals surface area contributed by atoms with Crippen LogP contribution in [0.15, 0.2) is 42.5 Å². The SMILES string of the molecule is COc1ccc(C)cc1CN1CCC(=O)c2ccccc21. The van der Waals surface area contributed by atoms with Crippen molar-refractivity contribution in [2.24, 2.45) is 0 Å². The summed E-state index contributed by atoms with van der Waals surface area (Å²) in [5.41, 5.74) is 4.22. The largest absolute Gasteiger partial charge is 0.496 e. The van der Waals surface area contributed by atoms with E-state index in [0.29, 0.717) is 6.42 Å². The van der Waals surface area contributed by atoms with Gasteiger partial charge in [-0.15, -0.1) is 0 Å². The number of benzene rings is 2. The molecule has 21 heavy (non-hydrogen) atoms. The van der Waals surface area contributed by atoms with E-state index in [1.54, 1.807) is 7.11 Å². The van der Waals surface area contributed by atoms with Gasteiger partial charge in [0.2, 0.25) is 0 Å². The number of hydrogen-bond donors (Lipinski definition) is 0. The van der Waals surface area contributed by atoms with E-state index in [4.69, 9.17) is 4.74 Å². The molecule has 1 heterocycles. The van der Waals surface area contributed by atoms with Crippen LogP contribution in [0.3, 0.4) is 0 Å². The van der Waals surface area contributed by atoms with Gasteiger partial charge in [0, 0.05) is 36.3 Å². The maximum atomic E-state index is 12.0. The third-order valence-electron chi connectivity index (χ3n) is 3.95. The third kappa shape index (κ3) is 2.64. The summed E-state index contributed by atoms with van der Waals surface area (Å²) in [4.78, 5) is 14.3. The summed E-state index contributed by atoms with van der Waals surface area (Å²) in [5.74, 6) is 1.13. The molecule has 0 saturated heterocycles. The second kappa shape index (κ2) is 5.60. The lowest BCUT2D eigenvalue weighted by Crippen LogP contribution is -2.31. The van der Waals surface area contributed by atoms with E-state index in [-0.39, 0.29) is 5.78 Å². The van der Waals surface area contributed by atoms with Crippen molar-refractivity contribution in [2.45, 2.75) is 19.9 Å². The van der Waals surface area contributed by atoms with Crippen molar-refractivity contribution in [2.75, 3.05) is 18.6 Å². The lowest BCUT2D eigenvalue weighted by atomic mass is 9.99. The monoisotopic (exact) mass is 281 g/mol. The minimum atomic E-state index is 0.234. The number of rotatable bonds is 3. The van der Waals surface area contributed by atoms with Gasteiger partial charge in [-0.05, 0) is 25.1 Å². The summed E-state index contributed by atoms with van der Waals surface area (Å²) in [7, 11) is 1.70. The van der Waals surface area contributed by atoms with Gasteiger partial charge in [0.05, 0.1) is 7.11 Å². The van der Waals surface area contributed by atoms with Crippen LogP contribution in [0.2, 0.25) is 0 Å². The Bertz CT molecular complexity index is 679. The van der Waals surface area contributed by atoms with E-state index in [1.807, 2.05) is 30.3 Å². The molecule has 0 aliphatic carbocycles. The maximum Gasteiger partial charge on any atom is 0.166 e. The Hall–Kier alpha value is -2.29. The number of ketones is 1. The number of para-hydroxylation sites is 1. The molecule has 0 saturated carbocycles. The molecule has 3 nitrogen and oxygen atoms in total. The van der Waals surface area contributed by atoms with Crippen molar-refractivity contribution in [1.82, 2.24) is 0 Å². The van der Waals surface area contributed by atoms with Crippen molar-refractivity contribution in [1.29, 1.82) is 0 Å². The Kier molecular flexibility index (Phi) is 3.65. The first-order valence-corrected chi connectivity index (χ1v) is 7.20. The molecule has 108 valence electrons. The molecule has 1 aliphatic rings. The molecule has 3 rings (SSSR count). The van der Waals surface area contributed by atoms with Crippen LogP contribution in [-0.4, -0.2) is 19.4 Å². The Morgan fingerprint density at radius 2 is 2.00 bits per heavy atom. The summed E-state index contributed by atoms with van der Waals surface area (Å²) in [6, 6.07) is 14.1. The zero-order valence-corrected chi connectivity index (χ0v) is 12.4. The molecule has 2 aromatic carbocycles. The van der Waals surface area contributed by atoms with Gasteiger partial charge in [0.1, 0.15) is 5.75 Å². The molecule has 0 fully saturated rings. The van der Waals surface area contributed by atoms with Crippen molar-refractivity contribution in [3.05, 3.63) is 59.2 Å². The summed E-state index contributed by atoms with van der Waals surface area (Å²) in [5, 5.41) is 0. The summed E-state index contributed by atoms with van der Waals surface area (Å²) >= 11 is 0. The van der Waals surface area contributed by atoms with E-state index >= 15 is 0 Å². The minimum Gasteiger partial charge on any atom is -0.496 e. The lowest BCUT2D eigenvalue weighted by Gasteiger charge is -2.31. The fourth-order valence-electron chi connectivity index (χ4n) is 2.88. The molecule has 0 unspecified atom stereocenters. The Morgan fingerprint density at radius 3 is 2.81 bits per heavy atom. The molecule has 0 aromatic heterocycles. The molecule has 0 spiro atoms.